The zero-order valence-electron chi connectivity index (χ0n) is 9.71. The second-order valence-electron chi connectivity index (χ2n) is 3.46. The maximum Gasteiger partial charge on any atom is 0.324 e. The maximum atomic E-state index is 8.46. The molecule has 0 radical (unpaired) electrons. The molecule has 2 aromatic rings. The van der Waals surface area contributed by atoms with Gasteiger partial charge in [0.2, 0.25) is 0 Å². The predicted molar refractivity (Wildman–Crippen MR) is 71.1 cm³/mol. The molecule has 0 heterocycles. The van der Waals surface area contributed by atoms with E-state index < -0.39 is 8.69 Å². The number of benzene rings is 2. The monoisotopic (exact) mass is 246 g/mol. The summed E-state index contributed by atoms with van der Waals surface area (Å²) in [5, 5.41) is 0. The SMILES string of the molecule is CCc1ccccc1-c1ccccc1.O=PO. The van der Waals surface area contributed by atoms with Gasteiger partial charge in [-0.3, -0.25) is 0 Å². The van der Waals surface area contributed by atoms with Crippen LogP contribution in [0.5, 0.6) is 0 Å². The van der Waals surface area contributed by atoms with Crippen LogP contribution in [0.25, 0.3) is 11.1 Å². The van der Waals surface area contributed by atoms with Gasteiger partial charge in [0, 0.05) is 0 Å². The van der Waals surface area contributed by atoms with Gasteiger partial charge in [-0.2, -0.15) is 0 Å². The summed E-state index contributed by atoms with van der Waals surface area (Å²) in [5.74, 6) is 0. The molecule has 2 rings (SSSR count). The van der Waals surface area contributed by atoms with Gasteiger partial charge in [-0.1, -0.05) is 61.5 Å². The molecular formula is C14H15O2P. The fourth-order valence-corrected chi connectivity index (χ4v) is 1.73. The molecule has 88 valence electrons. The normalized spacial score (nSPS) is 9.53. The summed E-state index contributed by atoms with van der Waals surface area (Å²) < 4.78 is 8.46. The Morgan fingerprint density at radius 2 is 1.53 bits per heavy atom. The van der Waals surface area contributed by atoms with Crippen LogP contribution in [-0.2, 0) is 11.0 Å². The third-order valence-electron chi connectivity index (χ3n) is 2.48. The van der Waals surface area contributed by atoms with E-state index in [9.17, 15) is 0 Å². The third-order valence-corrected chi connectivity index (χ3v) is 2.48. The first-order valence-electron chi connectivity index (χ1n) is 5.43. The molecule has 2 aromatic carbocycles. The lowest BCUT2D eigenvalue weighted by molar-refractivity contribution is 0.524. The topological polar surface area (TPSA) is 37.3 Å². The largest absolute Gasteiger partial charge is 0.324 e. The van der Waals surface area contributed by atoms with Gasteiger partial charge in [0.05, 0.1) is 0 Å². The highest BCUT2D eigenvalue weighted by molar-refractivity contribution is 7.16. The molecule has 0 spiro atoms. The summed E-state index contributed by atoms with van der Waals surface area (Å²) in [5.41, 5.74) is 4.08. The Morgan fingerprint density at radius 3 is 2.12 bits per heavy atom. The van der Waals surface area contributed by atoms with Crippen LogP contribution < -0.4 is 0 Å². The van der Waals surface area contributed by atoms with E-state index in [0.717, 1.165) is 6.42 Å². The van der Waals surface area contributed by atoms with Crippen molar-refractivity contribution < 1.29 is 9.46 Å². The zero-order chi connectivity index (χ0) is 12.5. The Kier molecular flexibility index (Phi) is 6.16. The number of hydrogen-bond donors (Lipinski definition) is 1. The van der Waals surface area contributed by atoms with Gasteiger partial charge < -0.3 is 4.89 Å². The standard InChI is InChI=1S/C14H14.HO2P/c1-2-12-8-6-7-11-14(12)13-9-4-3-5-10-13;1-3-2/h3-11H,2H2,1H3;(H,1,2). The van der Waals surface area contributed by atoms with Crippen LogP contribution in [0.2, 0.25) is 0 Å². The minimum absolute atomic E-state index is 0.833. The summed E-state index contributed by atoms with van der Waals surface area (Å²) in [6.45, 7) is 2.20. The van der Waals surface area contributed by atoms with Crippen LogP contribution in [0.4, 0.5) is 0 Å². The molecule has 0 aliphatic rings. The van der Waals surface area contributed by atoms with Gasteiger partial charge >= 0.3 is 8.69 Å². The molecule has 0 aliphatic carbocycles. The molecular weight excluding hydrogens is 231 g/mol. The average molecular weight is 246 g/mol. The lowest BCUT2D eigenvalue weighted by Crippen LogP contribution is -1.85. The molecule has 0 saturated carbocycles. The molecule has 3 heteroatoms. The summed E-state index contributed by atoms with van der Waals surface area (Å²) in [7, 11) is -0.833. The second kappa shape index (κ2) is 7.72. The first kappa shape index (κ1) is 13.6. The number of rotatable bonds is 2. The van der Waals surface area contributed by atoms with E-state index >= 15 is 0 Å². The van der Waals surface area contributed by atoms with Crippen LogP contribution >= 0.6 is 8.69 Å². The fourth-order valence-electron chi connectivity index (χ4n) is 1.73. The highest BCUT2D eigenvalue weighted by Crippen LogP contribution is 2.23. The van der Waals surface area contributed by atoms with E-state index in [1.165, 1.54) is 16.7 Å². The lowest BCUT2D eigenvalue weighted by Gasteiger charge is -2.06. The van der Waals surface area contributed by atoms with E-state index in [1.54, 1.807) is 0 Å². The van der Waals surface area contributed by atoms with Crippen molar-refractivity contribution in [2.24, 2.45) is 0 Å². The first-order chi connectivity index (χ1) is 8.33. The Bertz CT molecular complexity index is 455. The smallest absolute Gasteiger partial charge is 0.310 e. The van der Waals surface area contributed by atoms with E-state index in [2.05, 4.69) is 61.5 Å². The van der Waals surface area contributed by atoms with Gasteiger partial charge in [0.15, 0.2) is 0 Å². The minimum atomic E-state index is -0.833. The van der Waals surface area contributed by atoms with E-state index in [-0.39, 0.29) is 0 Å². The average Bonchev–Trinajstić information content (AvgIpc) is 2.40. The fraction of sp³-hybridized carbons (Fsp3) is 0.143. The molecule has 0 unspecified atom stereocenters. The molecule has 0 aliphatic heterocycles. The van der Waals surface area contributed by atoms with Crippen LogP contribution in [0.15, 0.2) is 54.6 Å². The number of hydrogen-bond acceptors (Lipinski definition) is 1. The molecule has 0 aromatic heterocycles. The van der Waals surface area contributed by atoms with Crippen LogP contribution in [0.3, 0.4) is 0 Å². The van der Waals surface area contributed by atoms with Gasteiger partial charge in [-0.25, -0.2) is 4.57 Å². The predicted octanol–water partition coefficient (Wildman–Crippen LogP) is 4.10. The summed E-state index contributed by atoms with van der Waals surface area (Å²) in [6, 6.07) is 19.1. The van der Waals surface area contributed by atoms with Gasteiger partial charge in [-0.05, 0) is 23.1 Å². The van der Waals surface area contributed by atoms with Crippen molar-refractivity contribution in [3.05, 3.63) is 60.2 Å². The summed E-state index contributed by atoms with van der Waals surface area (Å²) >= 11 is 0. The molecule has 0 bridgehead atoms. The maximum absolute atomic E-state index is 8.46. The van der Waals surface area contributed by atoms with Crippen LogP contribution in [0, 0.1) is 0 Å². The Balaban J connectivity index is 0.000000437. The van der Waals surface area contributed by atoms with Gasteiger partial charge in [0.25, 0.3) is 0 Å². The van der Waals surface area contributed by atoms with Crippen molar-refractivity contribution in [2.75, 3.05) is 0 Å². The van der Waals surface area contributed by atoms with Crippen molar-refractivity contribution in [2.45, 2.75) is 13.3 Å². The van der Waals surface area contributed by atoms with Crippen molar-refractivity contribution >= 4 is 8.69 Å². The minimum Gasteiger partial charge on any atom is -0.310 e. The molecule has 0 fully saturated rings. The second-order valence-corrected chi connectivity index (χ2v) is 3.62. The van der Waals surface area contributed by atoms with Crippen LogP contribution in [0.1, 0.15) is 12.5 Å². The molecule has 17 heavy (non-hydrogen) atoms. The molecule has 0 atom stereocenters. The molecule has 0 amide bonds. The van der Waals surface area contributed by atoms with Crippen molar-refractivity contribution in [1.82, 2.24) is 0 Å². The van der Waals surface area contributed by atoms with Crippen molar-refractivity contribution in [3.8, 4) is 11.1 Å². The first-order valence-corrected chi connectivity index (χ1v) is 6.20. The Hall–Kier alpha value is -1.50. The zero-order valence-corrected chi connectivity index (χ0v) is 10.6. The Morgan fingerprint density at radius 1 is 1.00 bits per heavy atom. The van der Waals surface area contributed by atoms with E-state index in [4.69, 9.17) is 9.46 Å². The highest BCUT2D eigenvalue weighted by Gasteiger charge is 2.00. The van der Waals surface area contributed by atoms with Gasteiger partial charge in [0.1, 0.15) is 0 Å². The lowest BCUT2D eigenvalue weighted by atomic mass is 9.98. The number of aryl methyl sites for hydroxylation is 1. The summed E-state index contributed by atoms with van der Waals surface area (Å²) in [6.07, 6.45) is 1.09. The quantitative estimate of drug-likeness (QED) is 0.810. The van der Waals surface area contributed by atoms with Crippen molar-refractivity contribution in [3.63, 3.8) is 0 Å². The molecule has 1 N–H and O–H groups in total. The summed E-state index contributed by atoms with van der Waals surface area (Å²) in [4.78, 5) is 6.99. The molecule has 2 nitrogen and oxygen atoms in total. The molecule has 0 saturated heterocycles. The van der Waals surface area contributed by atoms with E-state index in [0.29, 0.717) is 0 Å². The van der Waals surface area contributed by atoms with Gasteiger partial charge in [-0.15, -0.1) is 0 Å². The van der Waals surface area contributed by atoms with Crippen molar-refractivity contribution in [1.29, 1.82) is 0 Å². The Labute approximate surface area is 103 Å². The third kappa shape index (κ3) is 4.10. The van der Waals surface area contributed by atoms with E-state index in [1.807, 2.05) is 0 Å². The highest BCUT2D eigenvalue weighted by atomic mass is 31.1. The van der Waals surface area contributed by atoms with Crippen LogP contribution in [-0.4, -0.2) is 4.89 Å².